The number of hydrogen-bond acceptors (Lipinski definition) is 2. The Balaban J connectivity index is 2.83. The SMILES string of the molecule is CCNC(Cc1c(Br)c(C)nn1C)CC(C)(C)C. The van der Waals surface area contributed by atoms with Crippen LogP contribution in [-0.2, 0) is 13.5 Å². The van der Waals surface area contributed by atoms with Gasteiger partial charge in [0.05, 0.1) is 15.9 Å². The molecule has 4 heteroatoms. The van der Waals surface area contributed by atoms with Crippen LogP contribution in [0.4, 0.5) is 0 Å². The van der Waals surface area contributed by atoms with Crippen molar-refractivity contribution in [1.82, 2.24) is 15.1 Å². The standard InChI is InChI=1S/C14H26BrN3/c1-7-16-11(9-14(3,4)5)8-12-13(15)10(2)17-18(12)6/h11,16H,7-9H2,1-6H3. The van der Waals surface area contributed by atoms with Crippen molar-refractivity contribution in [2.75, 3.05) is 6.54 Å². The third-order valence-electron chi connectivity index (χ3n) is 3.05. The second kappa shape index (κ2) is 6.20. The van der Waals surface area contributed by atoms with Crippen molar-refractivity contribution < 1.29 is 0 Å². The first-order valence-electron chi connectivity index (χ1n) is 6.66. The second-order valence-electron chi connectivity index (χ2n) is 6.19. The lowest BCUT2D eigenvalue weighted by atomic mass is 9.86. The van der Waals surface area contributed by atoms with E-state index < -0.39 is 0 Å². The van der Waals surface area contributed by atoms with E-state index in [4.69, 9.17) is 0 Å². The van der Waals surface area contributed by atoms with Crippen molar-refractivity contribution >= 4 is 15.9 Å². The Bertz CT molecular complexity index is 390. The van der Waals surface area contributed by atoms with E-state index in [1.165, 1.54) is 5.69 Å². The van der Waals surface area contributed by atoms with Gasteiger partial charge in [-0.2, -0.15) is 5.10 Å². The van der Waals surface area contributed by atoms with Gasteiger partial charge in [-0.25, -0.2) is 0 Å². The van der Waals surface area contributed by atoms with Gasteiger partial charge in [0.25, 0.3) is 0 Å². The van der Waals surface area contributed by atoms with Crippen molar-refractivity contribution in [1.29, 1.82) is 0 Å². The Hall–Kier alpha value is -0.350. The molecule has 0 aliphatic rings. The van der Waals surface area contributed by atoms with E-state index in [1.54, 1.807) is 0 Å². The van der Waals surface area contributed by atoms with Crippen LogP contribution in [0.2, 0.25) is 0 Å². The third kappa shape index (κ3) is 4.39. The molecule has 0 aliphatic heterocycles. The topological polar surface area (TPSA) is 29.9 Å². The van der Waals surface area contributed by atoms with Crippen molar-refractivity contribution in [3.05, 3.63) is 15.9 Å². The summed E-state index contributed by atoms with van der Waals surface area (Å²) in [6, 6.07) is 0.501. The zero-order chi connectivity index (χ0) is 13.9. The molecule has 0 aromatic carbocycles. The van der Waals surface area contributed by atoms with E-state index >= 15 is 0 Å². The lowest BCUT2D eigenvalue weighted by Gasteiger charge is -2.26. The molecule has 104 valence electrons. The van der Waals surface area contributed by atoms with E-state index in [0.717, 1.165) is 29.6 Å². The lowest BCUT2D eigenvalue weighted by molar-refractivity contribution is 0.306. The Kier molecular flexibility index (Phi) is 5.41. The Morgan fingerprint density at radius 2 is 2.00 bits per heavy atom. The van der Waals surface area contributed by atoms with Gasteiger partial charge in [0, 0.05) is 19.5 Å². The Morgan fingerprint density at radius 3 is 2.39 bits per heavy atom. The van der Waals surface area contributed by atoms with Crippen LogP contribution < -0.4 is 5.32 Å². The first-order chi connectivity index (χ1) is 8.24. The molecule has 0 amide bonds. The number of nitrogens with one attached hydrogen (secondary N) is 1. The van der Waals surface area contributed by atoms with E-state index in [-0.39, 0.29) is 0 Å². The molecule has 0 radical (unpaired) electrons. The first-order valence-corrected chi connectivity index (χ1v) is 7.45. The summed E-state index contributed by atoms with van der Waals surface area (Å²) >= 11 is 3.65. The maximum Gasteiger partial charge on any atom is 0.0738 e. The van der Waals surface area contributed by atoms with Crippen LogP contribution in [0.1, 0.15) is 45.5 Å². The molecule has 0 bridgehead atoms. The molecular formula is C14H26BrN3. The normalized spacial score (nSPS) is 13.9. The molecule has 3 nitrogen and oxygen atoms in total. The minimum absolute atomic E-state index is 0.340. The molecule has 0 fully saturated rings. The van der Waals surface area contributed by atoms with Crippen molar-refractivity contribution in [2.24, 2.45) is 12.5 Å². The van der Waals surface area contributed by atoms with Gasteiger partial charge in [-0.15, -0.1) is 0 Å². The number of nitrogens with zero attached hydrogens (tertiary/aromatic N) is 2. The van der Waals surface area contributed by atoms with E-state index in [2.05, 4.69) is 54.0 Å². The third-order valence-corrected chi connectivity index (χ3v) is 4.08. The average molecular weight is 316 g/mol. The molecule has 18 heavy (non-hydrogen) atoms. The molecule has 1 N–H and O–H groups in total. The highest BCUT2D eigenvalue weighted by atomic mass is 79.9. The second-order valence-corrected chi connectivity index (χ2v) is 6.99. The average Bonchev–Trinajstić information content (AvgIpc) is 2.43. The van der Waals surface area contributed by atoms with Crippen LogP contribution in [0.5, 0.6) is 0 Å². The fourth-order valence-electron chi connectivity index (χ4n) is 2.38. The summed E-state index contributed by atoms with van der Waals surface area (Å²) in [5, 5.41) is 8.05. The van der Waals surface area contributed by atoms with Crippen LogP contribution in [0, 0.1) is 12.3 Å². The quantitative estimate of drug-likeness (QED) is 0.902. The zero-order valence-corrected chi connectivity index (χ0v) is 14.1. The van der Waals surface area contributed by atoms with Crippen LogP contribution in [0.15, 0.2) is 4.47 Å². The van der Waals surface area contributed by atoms with Crippen LogP contribution in [-0.4, -0.2) is 22.4 Å². The minimum atomic E-state index is 0.340. The molecule has 1 heterocycles. The summed E-state index contributed by atoms with van der Waals surface area (Å²) in [7, 11) is 2.02. The predicted molar refractivity (Wildman–Crippen MR) is 80.9 cm³/mol. The molecule has 0 saturated heterocycles. The van der Waals surface area contributed by atoms with E-state index in [9.17, 15) is 0 Å². The predicted octanol–water partition coefficient (Wildman–Crippen LogP) is 3.45. The van der Waals surface area contributed by atoms with Crippen molar-refractivity contribution in [2.45, 2.75) is 53.5 Å². The smallest absolute Gasteiger partial charge is 0.0738 e. The van der Waals surface area contributed by atoms with Crippen LogP contribution in [0.3, 0.4) is 0 Å². The van der Waals surface area contributed by atoms with Gasteiger partial charge in [-0.05, 0) is 41.2 Å². The Labute approximate surface area is 119 Å². The molecule has 1 rings (SSSR count). The van der Waals surface area contributed by atoms with Gasteiger partial charge >= 0.3 is 0 Å². The number of aromatic nitrogens is 2. The zero-order valence-electron chi connectivity index (χ0n) is 12.5. The van der Waals surface area contributed by atoms with Gasteiger partial charge in [0.2, 0.25) is 0 Å². The number of likely N-dealkylation sites (N-methyl/N-ethyl adjacent to an activating group) is 1. The van der Waals surface area contributed by atoms with Gasteiger partial charge in [-0.1, -0.05) is 27.7 Å². The summed E-state index contributed by atoms with van der Waals surface area (Å²) in [4.78, 5) is 0. The van der Waals surface area contributed by atoms with E-state index in [1.807, 2.05) is 18.7 Å². The molecular weight excluding hydrogens is 290 g/mol. The number of aryl methyl sites for hydroxylation is 2. The van der Waals surface area contributed by atoms with Crippen LogP contribution in [0.25, 0.3) is 0 Å². The van der Waals surface area contributed by atoms with Gasteiger partial charge in [0.15, 0.2) is 0 Å². The number of rotatable bonds is 5. The summed E-state index contributed by atoms with van der Waals surface area (Å²) in [5.74, 6) is 0. The summed E-state index contributed by atoms with van der Waals surface area (Å²) in [6.45, 7) is 12.1. The lowest BCUT2D eigenvalue weighted by Crippen LogP contribution is -2.35. The first kappa shape index (κ1) is 15.7. The summed E-state index contributed by atoms with van der Waals surface area (Å²) < 4.78 is 3.15. The monoisotopic (exact) mass is 315 g/mol. The molecule has 1 atom stereocenters. The highest BCUT2D eigenvalue weighted by molar-refractivity contribution is 9.10. The number of halogens is 1. The molecule has 1 aromatic heterocycles. The maximum absolute atomic E-state index is 4.46. The molecule has 0 spiro atoms. The Morgan fingerprint density at radius 1 is 1.39 bits per heavy atom. The highest BCUT2D eigenvalue weighted by Crippen LogP contribution is 2.26. The largest absolute Gasteiger partial charge is 0.314 e. The highest BCUT2D eigenvalue weighted by Gasteiger charge is 2.21. The summed E-state index contributed by atoms with van der Waals surface area (Å²) in [5.41, 5.74) is 2.69. The molecule has 0 aliphatic carbocycles. The maximum atomic E-state index is 4.46. The van der Waals surface area contributed by atoms with Gasteiger partial charge in [-0.3, -0.25) is 4.68 Å². The summed E-state index contributed by atoms with van der Waals surface area (Å²) in [6.07, 6.45) is 2.18. The van der Waals surface area contributed by atoms with Crippen LogP contribution >= 0.6 is 15.9 Å². The van der Waals surface area contributed by atoms with Gasteiger partial charge in [0.1, 0.15) is 0 Å². The fourth-order valence-corrected chi connectivity index (χ4v) is 2.88. The fraction of sp³-hybridized carbons (Fsp3) is 0.786. The molecule has 1 aromatic rings. The number of hydrogen-bond donors (Lipinski definition) is 1. The van der Waals surface area contributed by atoms with E-state index in [0.29, 0.717) is 11.5 Å². The van der Waals surface area contributed by atoms with Crippen molar-refractivity contribution in [3.63, 3.8) is 0 Å². The molecule has 0 saturated carbocycles. The van der Waals surface area contributed by atoms with Gasteiger partial charge < -0.3 is 5.32 Å². The minimum Gasteiger partial charge on any atom is -0.314 e. The molecule has 1 unspecified atom stereocenters. The van der Waals surface area contributed by atoms with Crippen molar-refractivity contribution in [3.8, 4) is 0 Å².